The number of rotatable bonds is 3. The number of hydrogen-bond acceptors (Lipinski definition) is 2. The van der Waals surface area contributed by atoms with Crippen LogP contribution >= 0.6 is 0 Å². The van der Waals surface area contributed by atoms with Crippen molar-refractivity contribution >= 4 is 0 Å². The van der Waals surface area contributed by atoms with Crippen LogP contribution in [0.4, 0.5) is 4.39 Å². The molecule has 2 aromatic rings. The molecular formula is C13H13FO2. The van der Waals surface area contributed by atoms with E-state index in [1.54, 1.807) is 24.3 Å². The highest BCUT2D eigenvalue weighted by atomic mass is 19.1. The molecule has 1 N–H and O–H groups in total. The summed E-state index contributed by atoms with van der Waals surface area (Å²) < 4.78 is 18.6. The number of aliphatic hydroxyl groups is 1. The minimum Gasteiger partial charge on any atom is -0.469 e. The Morgan fingerprint density at radius 2 is 2.19 bits per heavy atom. The van der Waals surface area contributed by atoms with Gasteiger partial charge in [-0.05, 0) is 30.7 Å². The molecule has 1 aromatic heterocycles. The van der Waals surface area contributed by atoms with E-state index in [1.807, 2.05) is 6.92 Å². The predicted molar refractivity (Wildman–Crippen MR) is 58.5 cm³/mol. The lowest BCUT2D eigenvalue weighted by Gasteiger charge is -2.10. The summed E-state index contributed by atoms with van der Waals surface area (Å²) in [6.07, 6.45) is 0.951. The van der Waals surface area contributed by atoms with Crippen LogP contribution in [0, 0.1) is 12.7 Å². The quantitative estimate of drug-likeness (QED) is 0.862. The lowest BCUT2D eigenvalue weighted by molar-refractivity contribution is 0.166. The van der Waals surface area contributed by atoms with E-state index in [0.717, 1.165) is 5.56 Å². The van der Waals surface area contributed by atoms with E-state index < -0.39 is 6.10 Å². The fourth-order valence-corrected chi connectivity index (χ4v) is 1.63. The first-order valence-electron chi connectivity index (χ1n) is 5.13. The molecule has 2 nitrogen and oxygen atoms in total. The summed E-state index contributed by atoms with van der Waals surface area (Å²) in [6, 6.07) is 8.31. The highest BCUT2D eigenvalue weighted by Crippen LogP contribution is 2.22. The van der Waals surface area contributed by atoms with Gasteiger partial charge in [0.15, 0.2) is 0 Å². The summed E-state index contributed by atoms with van der Waals surface area (Å²) in [6.45, 7) is 1.81. The van der Waals surface area contributed by atoms with Crippen LogP contribution in [0.25, 0.3) is 0 Å². The molecular weight excluding hydrogens is 207 g/mol. The lowest BCUT2D eigenvalue weighted by Crippen LogP contribution is -2.04. The Morgan fingerprint density at radius 1 is 1.38 bits per heavy atom. The smallest absolute Gasteiger partial charge is 0.129 e. The van der Waals surface area contributed by atoms with E-state index in [-0.39, 0.29) is 12.2 Å². The molecule has 0 amide bonds. The Balaban J connectivity index is 2.17. The number of aryl methyl sites for hydroxylation is 1. The van der Waals surface area contributed by atoms with Crippen molar-refractivity contribution in [3.8, 4) is 0 Å². The second kappa shape index (κ2) is 4.49. The third-order valence-electron chi connectivity index (χ3n) is 2.49. The van der Waals surface area contributed by atoms with E-state index in [2.05, 4.69) is 0 Å². The average molecular weight is 220 g/mol. The molecule has 0 aliphatic rings. The highest BCUT2D eigenvalue weighted by Gasteiger charge is 2.14. The van der Waals surface area contributed by atoms with E-state index in [1.165, 1.54) is 12.3 Å². The first-order valence-corrected chi connectivity index (χ1v) is 5.13. The van der Waals surface area contributed by atoms with E-state index in [9.17, 15) is 9.50 Å². The van der Waals surface area contributed by atoms with E-state index >= 15 is 0 Å². The molecule has 84 valence electrons. The Labute approximate surface area is 93.3 Å². The van der Waals surface area contributed by atoms with Crippen LogP contribution < -0.4 is 0 Å². The van der Waals surface area contributed by atoms with Crippen molar-refractivity contribution in [2.24, 2.45) is 0 Å². The van der Waals surface area contributed by atoms with Crippen molar-refractivity contribution < 1.29 is 13.9 Å². The van der Waals surface area contributed by atoms with Crippen molar-refractivity contribution in [2.45, 2.75) is 19.4 Å². The zero-order chi connectivity index (χ0) is 11.5. The summed E-state index contributed by atoms with van der Waals surface area (Å²) in [5.74, 6) is 0.270. The molecule has 2 rings (SSSR count). The van der Waals surface area contributed by atoms with Gasteiger partial charge in [-0.2, -0.15) is 0 Å². The molecule has 0 spiro atoms. The maximum absolute atomic E-state index is 13.5. The second-order valence-electron chi connectivity index (χ2n) is 3.82. The van der Waals surface area contributed by atoms with Crippen LogP contribution in [0.15, 0.2) is 41.0 Å². The number of furan rings is 1. The molecule has 16 heavy (non-hydrogen) atoms. The van der Waals surface area contributed by atoms with Gasteiger partial charge >= 0.3 is 0 Å². The van der Waals surface area contributed by atoms with Gasteiger partial charge in [0.2, 0.25) is 0 Å². The molecule has 0 fully saturated rings. The summed E-state index contributed by atoms with van der Waals surface area (Å²) in [5, 5.41) is 9.86. The monoisotopic (exact) mass is 220 g/mol. The molecule has 3 heteroatoms. The van der Waals surface area contributed by atoms with Crippen LogP contribution in [0.5, 0.6) is 0 Å². The number of benzene rings is 1. The molecule has 0 aliphatic heterocycles. The molecule has 0 bridgehead atoms. The molecule has 0 aliphatic carbocycles. The van der Waals surface area contributed by atoms with Gasteiger partial charge in [-0.1, -0.05) is 12.1 Å². The van der Waals surface area contributed by atoms with Crippen molar-refractivity contribution in [3.63, 3.8) is 0 Å². The van der Waals surface area contributed by atoms with Gasteiger partial charge in [0, 0.05) is 12.0 Å². The Morgan fingerprint density at radius 3 is 2.81 bits per heavy atom. The predicted octanol–water partition coefficient (Wildman–Crippen LogP) is 3.00. The highest BCUT2D eigenvalue weighted by molar-refractivity contribution is 5.25. The number of hydrogen-bond donors (Lipinski definition) is 1. The van der Waals surface area contributed by atoms with Gasteiger partial charge in [-0.25, -0.2) is 4.39 Å². The van der Waals surface area contributed by atoms with Crippen LogP contribution in [-0.2, 0) is 6.42 Å². The van der Waals surface area contributed by atoms with Crippen LogP contribution in [-0.4, -0.2) is 5.11 Å². The van der Waals surface area contributed by atoms with E-state index in [4.69, 9.17) is 4.42 Å². The molecule has 1 heterocycles. The van der Waals surface area contributed by atoms with E-state index in [0.29, 0.717) is 11.3 Å². The fourth-order valence-electron chi connectivity index (χ4n) is 1.63. The number of halogens is 1. The summed E-state index contributed by atoms with van der Waals surface area (Å²) in [7, 11) is 0. The third kappa shape index (κ3) is 2.31. The van der Waals surface area contributed by atoms with Gasteiger partial charge in [-0.15, -0.1) is 0 Å². The second-order valence-corrected chi connectivity index (χ2v) is 3.82. The van der Waals surface area contributed by atoms with Crippen LogP contribution in [0.2, 0.25) is 0 Å². The van der Waals surface area contributed by atoms with Crippen molar-refractivity contribution in [1.29, 1.82) is 0 Å². The summed E-state index contributed by atoms with van der Waals surface area (Å²) in [4.78, 5) is 0. The Hall–Kier alpha value is -1.61. The maximum atomic E-state index is 13.5. The topological polar surface area (TPSA) is 33.4 Å². The molecule has 1 aromatic carbocycles. The van der Waals surface area contributed by atoms with Crippen LogP contribution in [0.1, 0.15) is 23.0 Å². The van der Waals surface area contributed by atoms with Crippen molar-refractivity contribution in [2.75, 3.05) is 0 Å². The van der Waals surface area contributed by atoms with Gasteiger partial charge in [0.1, 0.15) is 11.6 Å². The minimum atomic E-state index is -0.869. The largest absolute Gasteiger partial charge is 0.469 e. The van der Waals surface area contributed by atoms with Gasteiger partial charge in [-0.3, -0.25) is 0 Å². The summed E-state index contributed by atoms with van der Waals surface area (Å²) >= 11 is 0. The first kappa shape index (κ1) is 10.9. The molecule has 1 unspecified atom stereocenters. The third-order valence-corrected chi connectivity index (χ3v) is 2.49. The molecule has 1 atom stereocenters. The van der Waals surface area contributed by atoms with Crippen molar-refractivity contribution in [3.05, 3.63) is 59.3 Å². The standard InChI is InChI=1S/C13H13FO2/c1-9-4-5-11(12(14)7-9)13(15)8-10-3-2-6-16-10/h2-7,13,15H,8H2,1H3. The zero-order valence-corrected chi connectivity index (χ0v) is 8.98. The number of aliphatic hydroxyl groups excluding tert-OH is 1. The van der Waals surface area contributed by atoms with Gasteiger partial charge in [0.05, 0.1) is 12.4 Å². The van der Waals surface area contributed by atoms with Gasteiger partial charge < -0.3 is 9.52 Å². The van der Waals surface area contributed by atoms with Gasteiger partial charge in [0.25, 0.3) is 0 Å². The molecule has 0 radical (unpaired) electrons. The Bertz CT molecular complexity index is 463. The summed E-state index contributed by atoms with van der Waals surface area (Å²) in [5.41, 5.74) is 1.15. The molecule has 0 saturated carbocycles. The first-order chi connectivity index (χ1) is 7.66. The van der Waals surface area contributed by atoms with Crippen LogP contribution in [0.3, 0.4) is 0 Å². The normalized spacial score (nSPS) is 12.7. The van der Waals surface area contributed by atoms with Crippen molar-refractivity contribution in [1.82, 2.24) is 0 Å². The average Bonchev–Trinajstić information content (AvgIpc) is 2.70. The SMILES string of the molecule is Cc1ccc(C(O)Cc2ccco2)c(F)c1. The minimum absolute atomic E-state index is 0.285. The lowest BCUT2D eigenvalue weighted by atomic mass is 10.0. The Kier molecular flexibility index (Phi) is 3.06. The zero-order valence-electron chi connectivity index (χ0n) is 8.98. The maximum Gasteiger partial charge on any atom is 0.129 e. The fraction of sp³-hybridized carbons (Fsp3) is 0.231. The molecule has 0 saturated heterocycles.